The summed E-state index contributed by atoms with van der Waals surface area (Å²) >= 11 is 0. The molecule has 0 atom stereocenters. The summed E-state index contributed by atoms with van der Waals surface area (Å²) < 4.78 is 0. The molecule has 1 fully saturated rings. The number of aryl methyl sites for hydroxylation is 2. The second kappa shape index (κ2) is 6.20. The Bertz CT molecular complexity index is 767. The zero-order valence-electron chi connectivity index (χ0n) is 13.2. The first-order valence-corrected chi connectivity index (χ1v) is 7.68. The van der Waals surface area contributed by atoms with Crippen molar-refractivity contribution in [2.75, 3.05) is 5.32 Å². The van der Waals surface area contributed by atoms with Gasteiger partial charge < -0.3 is 10.6 Å². The summed E-state index contributed by atoms with van der Waals surface area (Å²) in [6.07, 6.45) is 3.54. The highest BCUT2D eigenvalue weighted by Crippen LogP contribution is 2.20. The van der Waals surface area contributed by atoms with Crippen LogP contribution in [0.2, 0.25) is 0 Å². The molecule has 0 bridgehead atoms. The van der Waals surface area contributed by atoms with Crippen LogP contribution < -0.4 is 10.6 Å². The molecule has 1 aliphatic rings. The van der Waals surface area contributed by atoms with Crippen LogP contribution >= 0.6 is 0 Å². The van der Waals surface area contributed by atoms with Crippen LogP contribution in [-0.4, -0.2) is 22.8 Å². The number of benzene rings is 1. The van der Waals surface area contributed by atoms with Crippen molar-refractivity contribution in [2.45, 2.75) is 32.7 Å². The van der Waals surface area contributed by atoms with Crippen molar-refractivity contribution in [1.29, 1.82) is 0 Å². The normalized spacial score (nSPS) is 13.5. The van der Waals surface area contributed by atoms with Gasteiger partial charge in [0.2, 0.25) is 0 Å². The van der Waals surface area contributed by atoms with E-state index in [0.29, 0.717) is 5.56 Å². The van der Waals surface area contributed by atoms with Gasteiger partial charge in [-0.3, -0.25) is 14.6 Å². The highest BCUT2D eigenvalue weighted by atomic mass is 16.2. The number of nitrogens with zero attached hydrogens (tertiary/aromatic N) is 1. The molecule has 2 aromatic rings. The maximum atomic E-state index is 12.4. The second-order valence-corrected chi connectivity index (χ2v) is 5.95. The first-order valence-electron chi connectivity index (χ1n) is 7.68. The number of rotatable bonds is 4. The summed E-state index contributed by atoms with van der Waals surface area (Å²) in [5.74, 6) is -0.476. The molecule has 0 radical (unpaired) electrons. The topological polar surface area (TPSA) is 71.1 Å². The third kappa shape index (κ3) is 3.74. The van der Waals surface area contributed by atoms with Gasteiger partial charge in [-0.2, -0.15) is 0 Å². The minimum atomic E-state index is -0.320. The minimum absolute atomic E-state index is 0.157. The lowest BCUT2D eigenvalue weighted by Gasteiger charge is -2.10. The molecule has 1 aromatic carbocycles. The smallest absolute Gasteiger partial charge is 0.274 e. The predicted molar refractivity (Wildman–Crippen MR) is 88.6 cm³/mol. The van der Waals surface area contributed by atoms with E-state index in [4.69, 9.17) is 0 Å². The maximum Gasteiger partial charge on any atom is 0.274 e. The fourth-order valence-electron chi connectivity index (χ4n) is 2.25. The van der Waals surface area contributed by atoms with E-state index >= 15 is 0 Å². The molecule has 118 valence electrons. The standard InChI is InChI=1S/C18H19N3O2/c1-11-3-4-12(2)15(9-11)21-18(23)16-10-13(7-8-19-16)17(22)20-14-5-6-14/h3-4,7-10,14H,5-6H2,1-2H3,(H,20,22)(H,21,23). The van der Waals surface area contributed by atoms with Gasteiger partial charge >= 0.3 is 0 Å². The van der Waals surface area contributed by atoms with Crippen LogP contribution in [0, 0.1) is 13.8 Å². The van der Waals surface area contributed by atoms with Crippen molar-refractivity contribution in [3.05, 3.63) is 58.9 Å². The Labute approximate surface area is 135 Å². The van der Waals surface area contributed by atoms with Crippen molar-refractivity contribution in [2.24, 2.45) is 0 Å². The molecule has 1 aliphatic carbocycles. The number of nitrogens with one attached hydrogen (secondary N) is 2. The lowest BCUT2D eigenvalue weighted by molar-refractivity contribution is 0.0951. The van der Waals surface area contributed by atoms with E-state index in [1.807, 2.05) is 32.0 Å². The van der Waals surface area contributed by atoms with E-state index in [0.717, 1.165) is 29.7 Å². The quantitative estimate of drug-likeness (QED) is 0.912. The van der Waals surface area contributed by atoms with Crippen LogP contribution in [0.3, 0.4) is 0 Å². The molecule has 0 saturated heterocycles. The fraction of sp³-hybridized carbons (Fsp3) is 0.278. The summed E-state index contributed by atoms with van der Waals surface area (Å²) in [5.41, 5.74) is 3.49. The number of hydrogen-bond acceptors (Lipinski definition) is 3. The lowest BCUT2D eigenvalue weighted by atomic mass is 10.1. The number of anilines is 1. The summed E-state index contributed by atoms with van der Waals surface area (Å²) in [6.45, 7) is 3.90. The van der Waals surface area contributed by atoms with E-state index in [1.165, 1.54) is 12.3 Å². The summed E-state index contributed by atoms with van der Waals surface area (Å²) in [5, 5.41) is 5.76. The minimum Gasteiger partial charge on any atom is -0.349 e. The molecule has 1 aromatic heterocycles. The van der Waals surface area contributed by atoms with Crippen molar-refractivity contribution in [1.82, 2.24) is 10.3 Å². The Morgan fingerprint density at radius 3 is 2.61 bits per heavy atom. The zero-order chi connectivity index (χ0) is 16.4. The van der Waals surface area contributed by atoms with Crippen LogP contribution in [0.15, 0.2) is 36.5 Å². The van der Waals surface area contributed by atoms with Gasteiger partial charge in [0, 0.05) is 23.5 Å². The van der Waals surface area contributed by atoms with Gasteiger partial charge in [-0.15, -0.1) is 0 Å². The van der Waals surface area contributed by atoms with Crippen LogP contribution in [0.25, 0.3) is 0 Å². The van der Waals surface area contributed by atoms with Crippen molar-refractivity contribution in [3.8, 4) is 0 Å². The van der Waals surface area contributed by atoms with Gasteiger partial charge in [0.15, 0.2) is 0 Å². The molecule has 0 spiro atoms. The summed E-state index contributed by atoms with van der Waals surface area (Å²) in [4.78, 5) is 28.5. The Morgan fingerprint density at radius 1 is 1.09 bits per heavy atom. The van der Waals surface area contributed by atoms with E-state index < -0.39 is 0 Å². The fourth-order valence-corrected chi connectivity index (χ4v) is 2.25. The van der Waals surface area contributed by atoms with Gasteiger partial charge in [0.05, 0.1) is 0 Å². The third-order valence-corrected chi connectivity index (χ3v) is 3.81. The number of pyridine rings is 1. The van der Waals surface area contributed by atoms with Crippen molar-refractivity contribution in [3.63, 3.8) is 0 Å². The van der Waals surface area contributed by atoms with Gasteiger partial charge in [0.25, 0.3) is 11.8 Å². The molecule has 1 saturated carbocycles. The van der Waals surface area contributed by atoms with Crippen LogP contribution in [0.5, 0.6) is 0 Å². The van der Waals surface area contributed by atoms with Crippen LogP contribution in [0.1, 0.15) is 44.8 Å². The van der Waals surface area contributed by atoms with Crippen LogP contribution in [-0.2, 0) is 0 Å². The maximum absolute atomic E-state index is 12.4. The van der Waals surface area contributed by atoms with E-state index in [-0.39, 0.29) is 23.6 Å². The predicted octanol–water partition coefficient (Wildman–Crippen LogP) is 2.84. The highest BCUT2D eigenvalue weighted by molar-refractivity contribution is 6.05. The van der Waals surface area contributed by atoms with E-state index in [2.05, 4.69) is 15.6 Å². The molecule has 5 nitrogen and oxygen atoms in total. The number of hydrogen-bond donors (Lipinski definition) is 2. The second-order valence-electron chi connectivity index (χ2n) is 5.95. The Morgan fingerprint density at radius 2 is 1.87 bits per heavy atom. The Kier molecular flexibility index (Phi) is 4.10. The molecule has 23 heavy (non-hydrogen) atoms. The third-order valence-electron chi connectivity index (χ3n) is 3.81. The van der Waals surface area contributed by atoms with Crippen LogP contribution in [0.4, 0.5) is 5.69 Å². The summed E-state index contributed by atoms with van der Waals surface area (Å²) in [6, 6.07) is 9.29. The molecular weight excluding hydrogens is 290 g/mol. The largest absolute Gasteiger partial charge is 0.349 e. The molecule has 5 heteroatoms. The average molecular weight is 309 g/mol. The zero-order valence-corrected chi connectivity index (χ0v) is 13.2. The molecule has 2 amide bonds. The number of amides is 2. The molecule has 0 aliphatic heterocycles. The number of aromatic nitrogens is 1. The number of carbonyl (C=O) groups is 2. The average Bonchev–Trinajstić information content (AvgIpc) is 3.35. The van der Waals surface area contributed by atoms with Gasteiger partial charge in [0.1, 0.15) is 5.69 Å². The molecule has 2 N–H and O–H groups in total. The molecule has 3 rings (SSSR count). The van der Waals surface area contributed by atoms with Gasteiger partial charge in [-0.25, -0.2) is 0 Å². The summed E-state index contributed by atoms with van der Waals surface area (Å²) in [7, 11) is 0. The van der Waals surface area contributed by atoms with E-state index in [9.17, 15) is 9.59 Å². The first kappa shape index (κ1) is 15.2. The van der Waals surface area contributed by atoms with Crippen molar-refractivity contribution >= 4 is 17.5 Å². The first-order chi connectivity index (χ1) is 11.0. The highest BCUT2D eigenvalue weighted by Gasteiger charge is 2.24. The molecular formula is C18H19N3O2. The lowest BCUT2D eigenvalue weighted by Crippen LogP contribution is -2.26. The monoisotopic (exact) mass is 309 g/mol. The van der Waals surface area contributed by atoms with Gasteiger partial charge in [-0.1, -0.05) is 12.1 Å². The Balaban J connectivity index is 1.76. The SMILES string of the molecule is Cc1ccc(C)c(NC(=O)c2cc(C(=O)NC3CC3)ccn2)c1. The van der Waals surface area contributed by atoms with Gasteiger partial charge in [-0.05, 0) is 56.0 Å². The Hall–Kier alpha value is -2.69. The molecule has 0 unspecified atom stereocenters. The van der Waals surface area contributed by atoms with Crippen molar-refractivity contribution < 1.29 is 9.59 Å². The van der Waals surface area contributed by atoms with E-state index in [1.54, 1.807) is 6.07 Å². The molecule has 1 heterocycles. The number of carbonyl (C=O) groups excluding carboxylic acids is 2.